The monoisotopic (exact) mass is 305 g/mol. The Morgan fingerprint density at radius 2 is 1.82 bits per heavy atom. The lowest BCUT2D eigenvalue weighted by atomic mass is 10.0. The van der Waals surface area contributed by atoms with Gasteiger partial charge in [-0.25, -0.2) is 4.79 Å². The van der Waals surface area contributed by atoms with Crippen LogP contribution in [0.4, 0.5) is 10.5 Å². The van der Waals surface area contributed by atoms with Crippen LogP contribution in [0.5, 0.6) is 0 Å². The molecule has 2 N–H and O–H groups in total. The SMILES string of the molecule is CCc1cccc(CC)c1NC(=O)NCCN1CCOCC1. The van der Waals surface area contributed by atoms with Crippen LogP contribution in [0.25, 0.3) is 0 Å². The number of carbonyl (C=O) groups excluding carboxylic acids is 1. The molecule has 0 saturated carbocycles. The molecule has 22 heavy (non-hydrogen) atoms. The van der Waals surface area contributed by atoms with Crippen LogP contribution in [-0.2, 0) is 17.6 Å². The van der Waals surface area contributed by atoms with E-state index in [2.05, 4.69) is 47.6 Å². The molecule has 1 fully saturated rings. The van der Waals surface area contributed by atoms with E-state index < -0.39 is 0 Å². The quantitative estimate of drug-likeness (QED) is 0.847. The van der Waals surface area contributed by atoms with E-state index >= 15 is 0 Å². The van der Waals surface area contributed by atoms with Gasteiger partial charge in [-0.1, -0.05) is 32.0 Å². The first-order valence-corrected chi connectivity index (χ1v) is 8.20. The van der Waals surface area contributed by atoms with Crippen LogP contribution < -0.4 is 10.6 Å². The molecule has 0 aliphatic carbocycles. The summed E-state index contributed by atoms with van der Waals surface area (Å²) < 4.78 is 5.32. The highest BCUT2D eigenvalue weighted by Gasteiger charge is 2.12. The molecule has 2 amide bonds. The number of ether oxygens (including phenoxy) is 1. The molecular weight excluding hydrogens is 278 g/mol. The van der Waals surface area contributed by atoms with E-state index in [0.29, 0.717) is 6.54 Å². The molecule has 0 spiro atoms. The standard InChI is InChI=1S/C17H27N3O2/c1-3-14-6-5-7-15(4-2)16(14)19-17(21)18-8-9-20-10-12-22-13-11-20/h5-7H,3-4,8-13H2,1-2H3,(H2,18,19,21). The second-order valence-corrected chi connectivity index (χ2v) is 5.49. The molecule has 1 aliphatic rings. The second kappa shape index (κ2) is 8.76. The Labute approximate surface area is 133 Å². The lowest BCUT2D eigenvalue weighted by Gasteiger charge is -2.26. The third-order valence-corrected chi connectivity index (χ3v) is 4.05. The number of rotatable bonds is 6. The van der Waals surface area contributed by atoms with Crippen molar-refractivity contribution in [1.82, 2.24) is 10.2 Å². The van der Waals surface area contributed by atoms with Crippen molar-refractivity contribution in [3.8, 4) is 0 Å². The zero-order valence-corrected chi connectivity index (χ0v) is 13.7. The van der Waals surface area contributed by atoms with E-state index in [4.69, 9.17) is 4.74 Å². The van der Waals surface area contributed by atoms with Gasteiger partial charge in [-0.15, -0.1) is 0 Å². The number of nitrogens with zero attached hydrogens (tertiary/aromatic N) is 1. The van der Waals surface area contributed by atoms with Crippen molar-refractivity contribution < 1.29 is 9.53 Å². The number of amides is 2. The van der Waals surface area contributed by atoms with E-state index in [-0.39, 0.29) is 6.03 Å². The lowest BCUT2D eigenvalue weighted by Crippen LogP contribution is -2.42. The highest BCUT2D eigenvalue weighted by atomic mass is 16.5. The number of morpholine rings is 1. The van der Waals surface area contributed by atoms with Crippen LogP contribution >= 0.6 is 0 Å². The molecule has 1 heterocycles. The zero-order chi connectivity index (χ0) is 15.8. The molecule has 122 valence electrons. The van der Waals surface area contributed by atoms with Gasteiger partial charge in [0.2, 0.25) is 0 Å². The predicted molar refractivity (Wildman–Crippen MR) is 89.5 cm³/mol. The average Bonchev–Trinajstić information content (AvgIpc) is 2.56. The molecular formula is C17H27N3O2. The minimum Gasteiger partial charge on any atom is -0.379 e. The second-order valence-electron chi connectivity index (χ2n) is 5.49. The van der Waals surface area contributed by atoms with Crippen molar-refractivity contribution in [2.45, 2.75) is 26.7 Å². The van der Waals surface area contributed by atoms with E-state index in [1.807, 2.05) is 0 Å². The summed E-state index contributed by atoms with van der Waals surface area (Å²) in [6.07, 6.45) is 1.83. The van der Waals surface area contributed by atoms with Gasteiger partial charge < -0.3 is 15.4 Å². The fraction of sp³-hybridized carbons (Fsp3) is 0.588. The first-order valence-electron chi connectivity index (χ1n) is 8.20. The van der Waals surface area contributed by atoms with Crippen molar-refractivity contribution in [2.24, 2.45) is 0 Å². The Hall–Kier alpha value is -1.59. The van der Waals surface area contributed by atoms with Crippen molar-refractivity contribution in [1.29, 1.82) is 0 Å². The highest BCUT2D eigenvalue weighted by Crippen LogP contribution is 2.22. The van der Waals surface area contributed by atoms with Crippen LogP contribution in [0.2, 0.25) is 0 Å². The van der Waals surface area contributed by atoms with Gasteiger partial charge in [-0.05, 0) is 24.0 Å². The largest absolute Gasteiger partial charge is 0.379 e. The minimum absolute atomic E-state index is 0.121. The minimum atomic E-state index is -0.121. The molecule has 0 unspecified atom stereocenters. The molecule has 5 heteroatoms. The maximum Gasteiger partial charge on any atom is 0.319 e. The van der Waals surface area contributed by atoms with E-state index in [9.17, 15) is 4.79 Å². The number of hydrogen-bond donors (Lipinski definition) is 2. The number of para-hydroxylation sites is 1. The van der Waals surface area contributed by atoms with Crippen molar-refractivity contribution in [2.75, 3.05) is 44.7 Å². The third kappa shape index (κ3) is 4.71. The molecule has 2 rings (SSSR count). The summed E-state index contributed by atoms with van der Waals surface area (Å²) in [6.45, 7) is 9.21. The Morgan fingerprint density at radius 3 is 2.41 bits per heavy atom. The first kappa shape index (κ1) is 16.8. The first-order chi connectivity index (χ1) is 10.7. The zero-order valence-electron chi connectivity index (χ0n) is 13.7. The van der Waals surface area contributed by atoms with Crippen molar-refractivity contribution in [3.05, 3.63) is 29.3 Å². The number of aryl methyl sites for hydroxylation is 2. The van der Waals surface area contributed by atoms with Gasteiger partial charge in [0.1, 0.15) is 0 Å². The number of nitrogens with one attached hydrogen (secondary N) is 2. The molecule has 5 nitrogen and oxygen atoms in total. The summed E-state index contributed by atoms with van der Waals surface area (Å²) in [4.78, 5) is 14.4. The summed E-state index contributed by atoms with van der Waals surface area (Å²) in [6, 6.07) is 6.08. The molecule has 1 aromatic carbocycles. The summed E-state index contributed by atoms with van der Waals surface area (Å²) in [5.74, 6) is 0. The summed E-state index contributed by atoms with van der Waals surface area (Å²) in [5, 5.41) is 5.97. The Bertz CT molecular complexity index is 463. The topological polar surface area (TPSA) is 53.6 Å². The van der Waals surface area contributed by atoms with Crippen molar-refractivity contribution >= 4 is 11.7 Å². The molecule has 0 bridgehead atoms. The summed E-state index contributed by atoms with van der Waals surface area (Å²) in [5.41, 5.74) is 3.33. The summed E-state index contributed by atoms with van der Waals surface area (Å²) >= 11 is 0. The fourth-order valence-corrected chi connectivity index (χ4v) is 2.71. The Kier molecular flexibility index (Phi) is 6.68. The van der Waals surface area contributed by atoms with Crippen LogP contribution in [0.15, 0.2) is 18.2 Å². The molecule has 1 saturated heterocycles. The van der Waals surface area contributed by atoms with Crippen LogP contribution in [0.3, 0.4) is 0 Å². The molecule has 0 radical (unpaired) electrons. The van der Waals surface area contributed by atoms with Gasteiger partial charge in [-0.3, -0.25) is 4.90 Å². The molecule has 0 atom stereocenters. The van der Waals surface area contributed by atoms with E-state index in [1.165, 1.54) is 11.1 Å². The summed E-state index contributed by atoms with van der Waals surface area (Å²) in [7, 11) is 0. The molecule has 0 aromatic heterocycles. The number of benzene rings is 1. The number of carbonyl (C=O) groups is 1. The number of urea groups is 1. The Balaban J connectivity index is 1.83. The van der Waals surface area contributed by atoms with E-state index in [1.54, 1.807) is 0 Å². The Morgan fingerprint density at radius 1 is 1.18 bits per heavy atom. The lowest BCUT2D eigenvalue weighted by molar-refractivity contribution is 0.0388. The van der Waals surface area contributed by atoms with Gasteiger partial charge in [0.05, 0.1) is 13.2 Å². The smallest absolute Gasteiger partial charge is 0.319 e. The van der Waals surface area contributed by atoms with Gasteiger partial charge in [0, 0.05) is 31.9 Å². The molecule has 1 aliphatic heterocycles. The third-order valence-electron chi connectivity index (χ3n) is 4.05. The maximum absolute atomic E-state index is 12.1. The van der Waals surface area contributed by atoms with Crippen LogP contribution in [-0.4, -0.2) is 50.3 Å². The van der Waals surface area contributed by atoms with Gasteiger partial charge in [-0.2, -0.15) is 0 Å². The molecule has 1 aromatic rings. The van der Waals surface area contributed by atoms with Crippen molar-refractivity contribution in [3.63, 3.8) is 0 Å². The van der Waals surface area contributed by atoms with Gasteiger partial charge in [0.15, 0.2) is 0 Å². The number of hydrogen-bond acceptors (Lipinski definition) is 3. The van der Waals surface area contributed by atoms with E-state index in [0.717, 1.165) is 51.4 Å². The van der Waals surface area contributed by atoms with Gasteiger partial charge >= 0.3 is 6.03 Å². The average molecular weight is 305 g/mol. The fourth-order valence-electron chi connectivity index (χ4n) is 2.71. The van der Waals surface area contributed by atoms with Crippen LogP contribution in [0, 0.1) is 0 Å². The predicted octanol–water partition coefficient (Wildman–Crippen LogP) is 2.27. The maximum atomic E-state index is 12.1. The van der Waals surface area contributed by atoms with Gasteiger partial charge in [0.25, 0.3) is 0 Å². The van der Waals surface area contributed by atoms with Crippen LogP contribution in [0.1, 0.15) is 25.0 Å². The number of anilines is 1. The highest BCUT2D eigenvalue weighted by molar-refractivity contribution is 5.91. The normalized spacial score (nSPS) is 15.5.